The van der Waals surface area contributed by atoms with Crippen molar-refractivity contribution in [3.8, 4) is 0 Å². The van der Waals surface area contributed by atoms with Gasteiger partial charge in [-0.15, -0.1) is 0 Å². The largest absolute Gasteiger partial charge is 0.366 e. The Bertz CT molecular complexity index is 287. The highest BCUT2D eigenvalue weighted by molar-refractivity contribution is 7.89. The number of aromatic nitrogens is 1. The predicted octanol–water partition coefficient (Wildman–Crippen LogP) is -0.0772. The zero-order valence-corrected chi connectivity index (χ0v) is 6.27. The van der Waals surface area contributed by atoms with Crippen molar-refractivity contribution in [1.82, 2.24) is 9.71 Å². The zero-order chi connectivity index (χ0) is 7.61. The lowest BCUT2D eigenvalue weighted by molar-refractivity contribution is 0.588. The maximum Gasteiger partial charge on any atom is 0.241 e. The van der Waals surface area contributed by atoms with Crippen LogP contribution in [0.1, 0.15) is 0 Å². The molecule has 0 saturated carbocycles. The average molecular weight is 160 g/mol. The molecule has 0 amide bonds. The van der Waals surface area contributed by atoms with Crippen molar-refractivity contribution in [3.63, 3.8) is 0 Å². The first-order valence-corrected chi connectivity index (χ1v) is 4.21. The van der Waals surface area contributed by atoms with Gasteiger partial charge in [-0.05, 0) is 13.1 Å². The molecule has 0 fully saturated rings. The summed E-state index contributed by atoms with van der Waals surface area (Å²) in [6, 6.07) is 1.49. The minimum atomic E-state index is -3.24. The Labute approximate surface area is 59.3 Å². The minimum Gasteiger partial charge on any atom is -0.366 e. The number of aromatic amines is 1. The lowest BCUT2D eigenvalue weighted by atomic mass is 10.7. The molecular weight excluding hydrogens is 152 g/mol. The lowest BCUT2D eigenvalue weighted by Crippen LogP contribution is -2.17. The SMILES string of the molecule is CNS(=O)(=O)c1cc[nH]c1. The van der Waals surface area contributed by atoms with Gasteiger partial charge in [-0.2, -0.15) is 0 Å². The summed E-state index contributed by atoms with van der Waals surface area (Å²) in [5.41, 5.74) is 0. The molecule has 0 saturated heterocycles. The molecule has 0 spiro atoms. The molecule has 0 aliphatic carbocycles. The fourth-order valence-corrected chi connectivity index (χ4v) is 1.30. The summed E-state index contributed by atoms with van der Waals surface area (Å²) in [4.78, 5) is 2.91. The van der Waals surface area contributed by atoms with Gasteiger partial charge in [-0.25, -0.2) is 13.1 Å². The fraction of sp³-hybridized carbons (Fsp3) is 0.200. The number of hydrogen-bond acceptors (Lipinski definition) is 2. The van der Waals surface area contributed by atoms with Crippen molar-refractivity contribution >= 4 is 10.0 Å². The van der Waals surface area contributed by atoms with Crippen LogP contribution in [-0.2, 0) is 10.0 Å². The van der Waals surface area contributed by atoms with E-state index in [0.29, 0.717) is 0 Å². The molecule has 0 aliphatic rings. The van der Waals surface area contributed by atoms with E-state index in [9.17, 15) is 8.42 Å². The Morgan fingerprint density at radius 2 is 2.30 bits per heavy atom. The summed E-state index contributed by atoms with van der Waals surface area (Å²) in [5, 5.41) is 0. The molecule has 5 heteroatoms. The van der Waals surface area contributed by atoms with Crippen LogP contribution in [0, 0.1) is 0 Å². The normalized spacial score (nSPS) is 11.7. The van der Waals surface area contributed by atoms with E-state index in [0.717, 1.165) is 0 Å². The quantitative estimate of drug-likeness (QED) is 0.635. The van der Waals surface area contributed by atoms with Gasteiger partial charge in [-0.1, -0.05) is 0 Å². The molecule has 0 aliphatic heterocycles. The Hall–Kier alpha value is -0.810. The van der Waals surface area contributed by atoms with Crippen molar-refractivity contribution in [1.29, 1.82) is 0 Å². The van der Waals surface area contributed by atoms with E-state index in [4.69, 9.17) is 0 Å². The summed E-state index contributed by atoms with van der Waals surface area (Å²) in [6.07, 6.45) is 2.98. The van der Waals surface area contributed by atoms with E-state index in [1.54, 1.807) is 6.20 Å². The molecule has 1 rings (SSSR count). The van der Waals surface area contributed by atoms with Crippen LogP contribution in [0.3, 0.4) is 0 Å². The van der Waals surface area contributed by atoms with Crippen molar-refractivity contribution < 1.29 is 8.42 Å². The zero-order valence-electron chi connectivity index (χ0n) is 5.46. The van der Waals surface area contributed by atoms with Crippen LogP contribution in [0.25, 0.3) is 0 Å². The number of nitrogens with one attached hydrogen (secondary N) is 2. The molecule has 0 unspecified atom stereocenters. The molecule has 10 heavy (non-hydrogen) atoms. The number of rotatable bonds is 2. The predicted molar refractivity (Wildman–Crippen MR) is 37.0 cm³/mol. The number of hydrogen-bond donors (Lipinski definition) is 2. The third kappa shape index (κ3) is 1.19. The second kappa shape index (κ2) is 2.43. The topological polar surface area (TPSA) is 62.0 Å². The lowest BCUT2D eigenvalue weighted by Gasteiger charge is -1.95. The highest BCUT2D eigenvalue weighted by atomic mass is 32.2. The van der Waals surface area contributed by atoms with Crippen LogP contribution in [0.15, 0.2) is 23.4 Å². The number of H-pyrrole nitrogens is 1. The van der Waals surface area contributed by atoms with Gasteiger partial charge in [0, 0.05) is 12.4 Å². The van der Waals surface area contributed by atoms with Crippen molar-refractivity contribution in [2.75, 3.05) is 7.05 Å². The van der Waals surface area contributed by atoms with Crippen LogP contribution < -0.4 is 4.72 Å². The maximum atomic E-state index is 10.9. The monoisotopic (exact) mass is 160 g/mol. The molecular formula is C5H8N2O2S. The number of sulfonamides is 1. The van der Waals surface area contributed by atoms with Gasteiger partial charge in [-0.3, -0.25) is 0 Å². The Kier molecular flexibility index (Phi) is 1.78. The van der Waals surface area contributed by atoms with Gasteiger partial charge in [0.15, 0.2) is 0 Å². The molecule has 0 atom stereocenters. The third-order valence-corrected chi connectivity index (χ3v) is 2.56. The first-order chi connectivity index (χ1) is 4.67. The summed E-state index contributed by atoms with van der Waals surface area (Å²) in [5.74, 6) is 0. The van der Waals surface area contributed by atoms with Crippen LogP contribution in [0.5, 0.6) is 0 Å². The van der Waals surface area contributed by atoms with Gasteiger partial charge in [0.2, 0.25) is 10.0 Å². The van der Waals surface area contributed by atoms with Crippen molar-refractivity contribution in [3.05, 3.63) is 18.5 Å². The van der Waals surface area contributed by atoms with Crippen molar-refractivity contribution in [2.45, 2.75) is 4.90 Å². The molecule has 2 N–H and O–H groups in total. The minimum absolute atomic E-state index is 0.259. The van der Waals surface area contributed by atoms with Gasteiger partial charge in [0.25, 0.3) is 0 Å². The molecule has 1 aromatic heterocycles. The first-order valence-electron chi connectivity index (χ1n) is 2.73. The average Bonchev–Trinajstić information content (AvgIpc) is 2.38. The van der Waals surface area contributed by atoms with E-state index in [2.05, 4.69) is 9.71 Å². The third-order valence-electron chi connectivity index (χ3n) is 1.15. The summed E-state index contributed by atoms with van der Waals surface area (Å²) >= 11 is 0. The van der Waals surface area contributed by atoms with Gasteiger partial charge in [0.1, 0.15) is 0 Å². The molecule has 4 nitrogen and oxygen atoms in total. The molecule has 1 heterocycles. The van der Waals surface area contributed by atoms with Crippen LogP contribution in [-0.4, -0.2) is 20.4 Å². The molecule has 0 bridgehead atoms. The van der Waals surface area contributed by atoms with E-state index in [1.165, 1.54) is 19.3 Å². The van der Waals surface area contributed by atoms with E-state index in [1.807, 2.05) is 0 Å². The first kappa shape index (κ1) is 7.30. The van der Waals surface area contributed by atoms with E-state index < -0.39 is 10.0 Å². The maximum absolute atomic E-state index is 10.9. The Balaban J connectivity index is 3.09. The van der Waals surface area contributed by atoms with Crippen LogP contribution in [0.4, 0.5) is 0 Å². The smallest absolute Gasteiger partial charge is 0.241 e. The standard InChI is InChI=1S/C5H8N2O2S/c1-6-10(8,9)5-2-3-7-4-5/h2-4,6-7H,1H3. The van der Waals surface area contributed by atoms with Gasteiger partial charge < -0.3 is 4.98 Å². The fourth-order valence-electron chi connectivity index (χ4n) is 0.594. The van der Waals surface area contributed by atoms with Gasteiger partial charge in [0.05, 0.1) is 4.90 Å². The second-order valence-electron chi connectivity index (χ2n) is 1.75. The Morgan fingerprint density at radius 1 is 1.60 bits per heavy atom. The molecule has 56 valence electrons. The highest BCUT2D eigenvalue weighted by Crippen LogP contribution is 2.03. The highest BCUT2D eigenvalue weighted by Gasteiger charge is 2.09. The van der Waals surface area contributed by atoms with Gasteiger partial charge >= 0.3 is 0 Å². The molecule has 0 radical (unpaired) electrons. The second-order valence-corrected chi connectivity index (χ2v) is 3.64. The van der Waals surface area contributed by atoms with E-state index in [-0.39, 0.29) is 4.90 Å². The summed E-state index contributed by atoms with van der Waals surface area (Å²) in [6.45, 7) is 0. The van der Waals surface area contributed by atoms with Crippen LogP contribution >= 0.6 is 0 Å². The Morgan fingerprint density at radius 3 is 2.70 bits per heavy atom. The van der Waals surface area contributed by atoms with Crippen molar-refractivity contribution in [2.24, 2.45) is 0 Å². The van der Waals surface area contributed by atoms with E-state index >= 15 is 0 Å². The summed E-state index contributed by atoms with van der Waals surface area (Å²) in [7, 11) is -1.86. The summed E-state index contributed by atoms with van der Waals surface area (Å²) < 4.78 is 24.1. The molecule has 1 aromatic rings. The molecule has 0 aromatic carbocycles. The van der Waals surface area contributed by atoms with Crippen LogP contribution in [0.2, 0.25) is 0 Å².